The quantitative estimate of drug-likeness (QED) is 0.520. The van der Waals surface area contributed by atoms with Gasteiger partial charge >= 0.3 is 0 Å². The van der Waals surface area contributed by atoms with E-state index in [2.05, 4.69) is 67.5 Å². The molecule has 2 aromatic heterocycles. The number of aromatic nitrogens is 2. The summed E-state index contributed by atoms with van der Waals surface area (Å²) in [4.78, 5) is 10.1. The van der Waals surface area contributed by atoms with Gasteiger partial charge in [-0.05, 0) is 61.8 Å². The molecule has 24 heavy (non-hydrogen) atoms. The van der Waals surface area contributed by atoms with E-state index in [0.29, 0.717) is 11.8 Å². The average molecular weight is 320 g/mol. The molecule has 2 heterocycles. The molecule has 0 aliphatic heterocycles. The summed E-state index contributed by atoms with van der Waals surface area (Å²) in [5, 5.41) is 2.46. The zero-order chi connectivity index (χ0) is 17.8. The van der Waals surface area contributed by atoms with Crippen molar-refractivity contribution in [3.05, 3.63) is 45.8 Å². The van der Waals surface area contributed by atoms with Gasteiger partial charge in [0.1, 0.15) is 0 Å². The third-order valence-corrected chi connectivity index (χ3v) is 5.41. The van der Waals surface area contributed by atoms with Crippen LogP contribution in [0.4, 0.5) is 0 Å². The van der Waals surface area contributed by atoms with E-state index in [4.69, 9.17) is 9.97 Å². The van der Waals surface area contributed by atoms with E-state index < -0.39 is 0 Å². The van der Waals surface area contributed by atoms with Gasteiger partial charge in [-0.25, -0.2) is 9.97 Å². The average Bonchev–Trinajstić information content (AvgIpc) is 2.52. The number of nitrogens with zero attached hydrogens (tertiary/aromatic N) is 2. The van der Waals surface area contributed by atoms with E-state index >= 15 is 0 Å². The summed E-state index contributed by atoms with van der Waals surface area (Å²) in [7, 11) is 0. The molecule has 0 saturated carbocycles. The van der Waals surface area contributed by atoms with Crippen molar-refractivity contribution in [1.29, 1.82) is 0 Å². The predicted octanol–water partition coefficient (Wildman–Crippen LogP) is 6.26. The Hall–Kier alpha value is -1.96. The minimum atomic E-state index is 0.416. The van der Waals surface area contributed by atoms with E-state index in [0.717, 1.165) is 11.0 Å². The summed E-state index contributed by atoms with van der Waals surface area (Å²) in [6.45, 7) is 17.7. The molecule has 0 saturated heterocycles. The third kappa shape index (κ3) is 2.40. The van der Waals surface area contributed by atoms with Crippen LogP contribution in [0.25, 0.3) is 21.8 Å². The molecule has 0 spiro atoms. The van der Waals surface area contributed by atoms with E-state index in [1.54, 1.807) is 0 Å². The Balaban J connectivity index is 2.54. The number of rotatable bonds is 2. The van der Waals surface area contributed by atoms with Crippen LogP contribution in [-0.4, -0.2) is 9.97 Å². The van der Waals surface area contributed by atoms with Crippen molar-refractivity contribution in [2.75, 3.05) is 0 Å². The summed E-state index contributed by atoms with van der Waals surface area (Å²) in [5.74, 6) is 0.832. The van der Waals surface area contributed by atoms with Gasteiger partial charge in [0.2, 0.25) is 0 Å². The van der Waals surface area contributed by atoms with Crippen LogP contribution >= 0.6 is 0 Å². The second-order valence-electron chi connectivity index (χ2n) is 7.66. The maximum atomic E-state index is 5.07. The molecule has 1 aromatic carbocycles. The van der Waals surface area contributed by atoms with E-state index in [9.17, 15) is 0 Å². The Morgan fingerprint density at radius 2 is 0.917 bits per heavy atom. The van der Waals surface area contributed by atoms with Crippen molar-refractivity contribution in [2.45, 2.75) is 67.2 Å². The molecule has 0 amide bonds. The summed E-state index contributed by atoms with van der Waals surface area (Å²) in [6, 6.07) is 4.44. The van der Waals surface area contributed by atoms with Crippen LogP contribution in [0.15, 0.2) is 12.1 Å². The molecule has 0 unspecified atom stereocenters. The van der Waals surface area contributed by atoms with Gasteiger partial charge < -0.3 is 0 Å². The Morgan fingerprint density at radius 1 is 0.583 bits per heavy atom. The van der Waals surface area contributed by atoms with Gasteiger partial charge in [-0.15, -0.1) is 0 Å². The van der Waals surface area contributed by atoms with Gasteiger partial charge in [-0.2, -0.15) is 0 Å². The molecule has 2 nitrogen and oxygen atoms in total. The molecule has 0 bridgehead atoms. The molecular formula is C22H28N2. The zero-order valence-corrected chi connectivity index (χ0v) is 16.2. The highest BCUT2D eigenvalue weighted by atomic mass is 14.8. The summed E-state index contributed by atoms with van der Waals surface area (Å²) < 4.78 is 0. The summed E-state index contributed by atoms with van der Waals surface area (Å²) in [5.41, 5.74) is 9.79. The molecule has 3 rings (SSSR count). The third-order valence-electron chi connectivity index (χ3n) is 5.41. The highest BCUT2D eigenvalue weighted by molar-refractivity contribution is 6.05. The van der Waals surface area contributed by atoms with E-state index in [1.807, 2.05) is 0 Å². The molecule has 0 fully saturated rings. The number of hydrogen-bond acceptors (Lipinski definition) is 2. The SMILES string of the molecule is Cc1c(C(C)C)nc2c(ccc3c(C)c(C)c(C(C)C)nc32)c1C. The van der Waals surface area contributed by atoms with Crippen LogP contribution in [0, 0.1) is 27.7 Å². The van der Waals surface area contributed by atoms with Crippen LogP contribution in [0.3, 0.4) is 0 Å². The Labute approximate surface area is 145 Å². The second-order valence-corrected chi connectivity index (χ2v) is 7.66. The van der Waals surface area contributed by atoms with Crippen LogP contribution in [0.1, 0.15) is 73.2 Å². The molecule has 0 aliphatic rings. The van der Waals surface area contributed by atoms with Gasteiger partial charge in [0.25, 0.3) is 0 Å². The number of pyridine rings is 2. The predicted molar refractivity (Wildman–Crippen MR) is 104 cm³/mol. The minimum absolute atomic E-state index is 0.416. The van der Waals surface area contributed by atoms with Gasteiger partial charge in [-0.1, -0.05) is 39.8 Å². The van der Waals surface area contributed by atoms with Gasteiger partial charge in [0.15, 0.2) is 0 Å². The molecule has 126 valence electrons. The van der Waals surface area contributed by atoms with E-state index in [-0.39, 0.29) is 0 Å². The smallest absolute Gasteiger partial charge is 0.0971 e. The second kappa shape index (κ2) is 5.84. The lowest BCUT2D eigenvalue weighted by Crippen LogP contribution is -2.04. The molecular weight excluding hydrogens is 292 g/mol. The first-order valence-electron chi connectivity index (χ1n) is 8.94. The standard InChI is InChI=1S/C22H28N2/c1-11(2)19-15(7)13(5)17-9-10-18-14(6)16(8)20(12(3)4)24-22(18)21(17)23-19/h9-12H,1-8H3. The lowest BCUT2D eigenvalue weighted by atomic mass is 9.93. The van der Waals surface area contributed by atoms with Gasteiger partial charge in [0.05, 0.1) is 11.0 Å². The van der Waals surface area contributed by atoms with Crippen molar-refractivity contribution >= 4 is 21.8 Å². The van der Waals surface area contributed by atoms with Crippen LogP contribution in [0.2, 0.25) is 0 Å². The first-order valence-corrected chi connectivity index (χ1v) is 8.94. The number of benzene rings is 1. The first kappa shape index (κ1) is 16.9. The van der Waals surface area contributed by atoms with Crippen molar-refractivity contribution in [3.63, 3.8) is 0 Å². The van der Waals surface area contributed by atoms with Gasteiger partial charge in [-0.3, -0.25) is 0 Å². The zero-order valence-electron chi connectivity index (χ0n) is 16.2. The van der Waals surface area contributed by atoms with Crippen LogP contribution < -0.4 is 0 Å². The normalized spacial score (nSPS) is 12.1. The number of aryl methyl sites for hydroxylation is 2. The van der Waals surface area contributed by atoms with Crippen molar-refractivity contribution in [2.24, 2.45) is 0 Å². The maximum absolute atomic E-state index is 5.07. The highest BCUT2D eigenvalue weighted by Crippen LogP contribution is 2.34. The fraction of sp³-hybridized carbons (Fsp3) is 0.455. The minimum Gasteiger partial charge on any atom is -0.250 e. The Morgan fingerprint density at radius 3 is 1.21 bits per heavy atom. The maximum Gasteiger partial charge on any atom is 0.0971 e. The number of hydrogen-bond donors (Lipinski definition) is 0. The monoisotopic (exact) mass is 320 g/mol. The Bertz CT molecular complexity index is 871. The van der Waals surface area contributed by atoms with Crippen molar-refractivity contribution in [1.82, 2.24) is 9.97 Å². The topological polar surface area (TPSA) is 25.8 Å². The van der Waals surface area contributed by atoms with Crippen molar-refractivity contribution < 1.29 is 0 Å². The molecule has 0 aliphatic carbocycles. The van der Waals surface area contributed by atoms with Crippen LogP contribution in [-0.2, 0) is 0 Å². The number of fused-ring (bicyclic) bond motifs is 3. The fourth-order valence-corrected chi connectivity index (χ4v) is 3.73. The van der Waals surface area contributed by atoms with Crippen molar-refractivity contribution in [3.8, 4) is 0 Å². The van der Waals surface area contributed by atoms with Crippen LogP contribution in [0.5, 0.6) is 0 Å². The summed E-state index contributed by atoms with van der Waals surface area (Å²) >= 11 is 0. The van der Waals surface area contributed by atoms with E-state index in [1.165, 1.54) is 44.4 Å². The lowest BCUT2D eigenvalue weighted by molar-refractivity contribution is 0.812. The highest BCUT2D eigenvalue weighted by Gasteiger charge is 2.17. The lowest BCUT2D eigenvalue weighted by Gasteiger charge is -2.18. The molecule has 2 heteroatoms. The molecule has 0 atom stereocenters. The Kier molecular flexibility index (Phi) is 4.11. The molecule has 3 aromatic rings. The molecule has 0 radical (unpaired) electrons. The summed E-state index contributed by atoms with van der Waals surface area (Å²) in [6.07, 6.45) is 0. The van der Waals surface area contributed by atoms with Gasteiger partial charge in [0, 0.05) is 22.2 Å². The largest absolute Gasteiger partial charge is 0.250 e. The molecule has 0 N–H and O–H groups in total. The fourth-order valence-electron chi connectivity index (χ4n) is 3.73. The first-order chi connectivity index (χ1) is 11.2.